The molecular formula is C22H15ClFNO4. The normalized spacial score (nSPS) is 18.4. The average Bonchev–Trinajstić information content (AvgIpc) is 3.23. The molecule has 1 fully saturated rings. The molecule has 1 N–H and O–H groups in total. The zero-order valence-corrected chi connectivity index (χ0v) is 16.0. The van der Waals surface area contributed by atoms with E-state index >= 15 is 0 Å². The molecule has 5 nitrogen and oxygen atoms in total. The quantitative estimate of drug-likeness (QED) is 0.374. The molecule has 146 valence electrons. The van der Waals surface area contributed by atoms with Crippen molar-refractivity contribution in [2.75, 3.05) is 4.90 Å². The van der Waals surface area contributed by atoms with Gasteiger partial charge in [-0.1, -0.05) is 23.7 Å². The number of carbonyl (C=O) groups is 2. The molecule has 1 aliphatic rings. The minimum absolute atomic E-state index is 0.129. The van der Waals surface area contributed by atoms with Gasteiger partial charge in [0.2, 0.25) is 0 Å². The van der Waals surface area contributed by atoms with Crippen molar-refractivity contribution in [2.45, 2.75) is 13.0 Å². The Morgan fingerprint density at radius 3 is 2.45 bits per heavy atom. The Morgan fingerprint density at radius 1 is 1.10 bits per heavy atom. The number of ketones is 1. The van der Waals surface area contributed by atoms with E-state index in [1.807, 2.05) is 0 Å². The van der Waals surface area contributed by atoms with E-state index in [1.165, 1.54) is 35.2 Å². The standard InChI is InChI=1S/C22H15ClFNO4/c1-12-5-10-17(29-12)19-18(20(26)13-3-2-4-14(23)11-13)21(27)22(28)25(19)16-8-6-15(24)7-9-16/h2-11,19,26H,1H3/b20-18-. The van der Waals surface area contributed by atoms with Gasteiger partial charge in [0.05, 0.1) is 5.57 Å². The van der Waals surface area contributed by atoms with Crippen molar-refractivity contribution in [2.24, 2.45) is 0 Å². The van der Waals surface area contributed by atoms with E-state index in [2.05, 4.69) is 0 Å². The van der Waals surface area contributed by atoms with E-state index in [0.29, 0.717) is 27.8 Å². The van der Waals surface area contributed by atoms with Crippen LogP contribution in [0, 0.1) is 12.7 Å². The van der Waals surface area contributed by atoms with Crippen LogP contribution in [0.5, 0.6) is 0 Å². The molecule has 1 amide bonds. The van der Waals surface area contributed by atoms with Gasteiger partial charge < -0.3 is 9.52 Å². The van der Waals surface area contributed by atoms with Crippen LogP contribution in [0.2, 0.25) is 5.02 Å². The second-order valence-electron chi connectivity index (χ2n) is 6.60. The maximum Gasteiger partial charge on any atom is 0.300 e. The van der Waals surface area contributed by atoms with Crippen molar-refractivity contribution in [3.05, 3.63) is 94.2 Å². The van der Waals surface area contributed by atoms with Crippen molar-refractivity contribution >= 4 is 34.7 Å². The third-order valence-electron chi connectivity index (χ3n) is 4.68. The molecule has 29 heavy (non-hydrogen) atoms. The summed E-state index contributed by atoms with van der Waals surface area (Å²) in [6, 6.07) is 13.8. The summed E-state index contributed by atoms with van der Waals surface area (Å²) < 4.78 is 19.1. The summed E-state index contributed by atoms with van der Waals surface area (Å²) in [5, 5.41) is 11.3. The second-order valence-corrected chi connectivity index (χ2v) is 7.04. The van der Waals surface area contributed by atoms with Crippen molar-refractivity contribution < 1.29 is 23.5 Å². The summed E-state index contributed by atoms with van der Waals surface area (Å²) in [5.41, 5.74) is 0.469. The number of aliphatic hydroxyl groups is 1. The van der Waals surface area contributed by atoms with Crippen LogP contribution in [0.25, 0.3) is 5.76 Å². The van der Waals surface area contributed by atoms with Gasteiger partial charge in [-0.3, -0.25) is 14.5 Å². The highest BCUT2D eigenvalue weighted by Crippen LogP contribution is 2.42. The van der Waals surface area contributed by atoms with E-state index in [0.717, 1.165) is 0 Å². The Labute approximate surface area is 170 Å². The largest absolute Gasteiger partial charge is 0.507 e. The second kappa shape index (κ2) is 7.22. The molecule has 1 aromatic heterocycles. The molecule has 0 spiro atoms. The number of nitrogens with zero attached hydrogens (tertiary/aromatic N) is 1. The Hall–Kier alpha value is -3.38. The van der Waals surface area contributed by atoms with Crippen LogP contribution in [-0.2, 0) is 9.59 Å². The molecule has 0 radical (unpaired) electrons. The highest BCUT2D eigenvalue weighted by Gasteiger charge is 2.48. The first kappa shape index (κ1) is 19.0. The average molecular weight is 412 g/mol. The Kier molecular flexibility index (Phi) is 4.72. The van der Waals surface area contributed by atoms with Gasteiger partial charge in [0, 0.05) is 16.3 Å². The van der Waals surface area contributed by atoms with Crippen LogP contribution in [0.15, 0.2) is 70.7 Å². The molecule has 3 aromatic rings. The molecule has 0 bridgehead atoms. The number of hydrogen-bond donors (Lipinski definition) is 1. The first-order valence-corrected chi connectivity index (χ1v) is 9.13. The minimum atomic E-state index is -1.01. The lowest BCUT2D eigenvalue weighted by Gasteiger charge is -2.23. The summed E-state index contributed by atoms with van der Waals surface area (Å²) >= 11 is 6.01. The molecule has 0 saturated carbocycles. The third kappa shape index (κ3) is 3.32. The lowest BCUT2D eigenvalue weighted by molar-refractivity contribution is -0.132. The topological polar surface area (TPSA) is 70.8 Å². The molecule has 2 heterocycles. The van der Waals surface area contributed by atoms with Crippen LogP contribution in [-0.4, -0.2) is 16.8 Å². The van der Waals surface area contributed by atoms with Crippen molar-refractivity contribution in [3.8, 4) is 0 Å². The van der Waals surface area contributed by atoms with Gasteiger partial charge >= 0.3 is 0 Å². The first-order chi connectivity index (χ1) is 13.9. The summed E-state index contributed by atoms with van der Waals surface area (Å²) in [6.07, 6.45) is 0. The van der Waals surface area contributed by atoms with Crippen LogP contribution in [0.3, 0.4) is 0 Å². The first-order valence-electron chi connectivity index (χ1n) is 8.75. The number of anilines is 1. The van der Waals surface area contributed by atoms with E-state index in [9.17, 15) is 19.1 Å². The van der Waals surface area contributed by atoms with E-state index in [1.54, 1.807) is 37.3 Å². The maximum absolute atomic E-state index is 13.4. The van der Waals surface area contributed by atoms with E-state index < -0.39 is 23.5 Å². The van der Waals surface area contributed by atoms with Crippen LogP contribution in [0.1, 0.15) is 23.1 Å². The number of aliphatic hydroxyl groups excluding tert-OH is 1. The molecule has 4 rings (SSSR count). The highest BCUT2D eigenvalue weighted by atomic mass is 35.5. The number of carbonyl (C=O) groups excluding carboxylic acids is 2. The molecule has 1 unspecified atom stereocenters. The van der Waals surface area contributed by atoms with Crippen LogP contribution in [0.4, 0.5) is 10.1 Å². The zero-order chi connectivity index (χ0) is 20.7. The number of furan rings is 1. The monoisotopic (exact) mass is 411 g/mol. The van der Waals surface area contributed by atoms with Gasteiger partial charge in [-0.2, -0.15) is 0 Å². The number of halogens is 2. The van der Waals surface area contributed by atoms with Gasteiger partial charge in [-0.15, -0.1) is 0 Å². The predicted molar refractivity (Wildman–Crippen MR) is 106 cm³/mol. The minimum Gasteiger partial charge on any atom is -0.507 e. The van der Waals surface area contributed by atoms with Crippen molar-refractivity contribution in [3.63, 3.8) is 0 Å². The molecule has 2 aromatic carbocycles. The molecule has 1 saturated heterocycles. The number of amides is 1. The Bertz CT molecular complexity index is 1150. The smallest absolute Gasteiger partial charge is 0.300 e. The number of rotatable bonds is 3. The number of hydrogen-bond acceptors (Lipinski definition) is 4. The van der Waals surface area contributed by atoms with Crippen LogP contribution >= 0.6 is 11.6 Å². The SMILES string of the molecule is Cc1ccc(C2/C(=C(/O)c3cccc(Cl)c3)C(=O)C(=O)N2c2ccc(F)cc2)o1. The van der Waals surface area contributed by atoms with E-state index in [4.69, 9.17) is 16.0 Å². The fourth-order valence-corrected chi connectivity index (χ4v) is 3.55. The lowest BCUT2D eigenvalue weighted by atomic mass is 9.99. The van der Waals surface area contributed by atoms with Gasteiger partial charge in [0.25, 0.3) is 11.7 Å². The molecule has 7 heteroatoms. The fraction of sp³-hybridized carbons (Fsp3) is 0.0909. The van der Waals surface area contributed by atoms with Crippen molar-refractivity contribution in [1.29, 1.82) is 0 Å². The van der Waals surface area contributed by atoms with Gasteiger partial charge in [0.15, 0.2) is 0 Å². The van der Waals surface area contributed by atoms with Gasteiger partial charge in [0.1, 0.15) is 29.1 Å². The molecule has 0 aliphatic carbocycles. The summed E-state index contributed by atoms with van der Waals surface area (Å²) in [4.78, 5) is 26.9. The zero-order valence-electron chi connectivity index (χ0n) is 15.2. The number of Topliss-reactive ketones (excluding diaryl/α,β-unsaturated/α-hetero) is 1. The summed E-state index contributed by atoms with van der Waals surface area (Å²) in [5.74, 6) is -1.68. The van der Waals surface area contributed by atoms with Crippen LogP contribution < -0.4 is 4.90 Å². The van der Waals surface area contributed by atoms with Crippen molar-refractivity contribution in [1.82, 2.24) is 0 Å². The summed E-state index contributed by atoms with van der Waals surface area (Å²) in [7, 11) is 0. The van der Waals surface area contributed by atoms with Gasteiger partial charge in [-0.25, -0.2) is 4.39 Å². The third-order valence-corrected chi connectivity index (χ3v) is 4.91. The lowest BCUT2D eigenvalue weighted by Crippen LogP contribution is -2.29. The molecule has 1 aliphatic heterocycles. The number of benzene rings is 2. The Morgan fingerprint density at radius 2 is 1.83 bits per heavy atom. The highest BCUT2D eigenvalue weighted by molar-refractivity contribution is 6.51. The number of aryl methyl sites for hydroxylation is 1. The van der Waals surface area contributed by atoms with E-state index in [-0.39, 0.29) is 11.3 Å². The predicted octanol–water partition coefficient (Wildman–Crippen LogP) is 5.01. The molecule has 1 atom stereocenters. The molecular weight excluding hydrogens is 397 g/mol. The van der Waals surface area contributed by atoms with Gasteiger partial charge in [-0.05, 0) is 55.5 Å². The summed E-state index contributed by atoms with van der Waals surface area (Å²) in [6.45, 7) is 1.73. The fourth-order valence-electron chi connectivity index (χ4n) is 3.36. The maximum atomic E-state index is 13.4. The Balaban J connectivity index is 1.94.